The van der Waals surface area contributed by atoms with Gasteiger partial charge in [-0.05, 0) is 143 Å². The van der Waals surface area contributed by atoms with Crippen molar-refractivity contribution in [1.82, 2.24) is 0 Å². The molecule has 0 fully saturated rings. The van der Waals surface area contributed by atoms with E-state index in [2.05, 4.69) is 230 Å². The van der Waals surface area contributed by atoms with E-state index in [1.807, 2.05) is 0 Å². The minimum absolute atomic E-state index is 0.225. The maximum Gasteiger partial charge on any atom is 0.152 e. The SMILES string of the molecule is CC1(C)c2ccc(-c3ccc4c(c3)N(c3ccc5c6ccccc6c6ccccc6c5c3)c3cc5ccccc5cc3O4)cc2N(c2ccccc2)c2cc3ccccc3cc21. The second kappa shape index (κ2) is 13.1. The summed E-state index contributed by atoms with van der Waals surface area (Å²) in [5, 5.41) is 12.3. The first-order chi connectivity index (χ1) is 30.5. The fourth-order valence-corrected chi connectivity index (χ4v) is 10.5. The number of nitrogens with zero attached hydrogens (tertiary/aromatic N) is 2. The molecule has 0 N–H and O–H groups in total. The van der Waals surface area contributed by atoms with Gasteiger partial charge in [0.2, 0.25) is 0 Å². The quantitative estimate of drug-likeness (QED) is 0.166. The van der Waals surface area contributed by atoms with Crippen molar-refractivity contribution in [3.8, 4) is 22.6 Å². The molecule has 11 aromatic carbocycles. The van der Waals surface area contributed by atoms with Crippen LogP contribution in [-0.2, 0) is 5.41 Å². The number of benzene rings is 11. The van der Waals surface area contributed by atoms with Crippen LogP contribution in [-0.4, -0.2) is 0 Å². The molecule has 0 spiro atoms. The molecule has 0 radical (unpaired) electrons. The molecular formula is C59H40N2O. The van der Waals surface area contributed by atoms with Crippen LogP contribution in [0, 0.1) is 0 Å². The molecule has 2 aliphatic rings. The van der Waals surface area contributed by atoms with Gasteiger partial charge in [-0.15, -0.1) is 0 Å². The average Bonchev–Trinajstić information content (AvgIpc) is 3.32. The summed E-state index contributed by atoms with van der Waals surface area (Å²) in [6.45, 7) is 4.73. The van der Waals surface area contributed by atoms with Crippen molar-refractivity contribution in [2.45, 2.75) is 19.3 Å². The monoisotopic (exact) mass is 792 g/mol. The Bertz CT molecular complexity index is 3630. The van der Waals surface area contributed by atoms with Crippen LogP contribution in [0.25, 0.3) is 65.0 Å². The second-order valence-electron chi connectivity index (χ2n) is 17.4. The average molecular weight is 793 g/mol. The third kappa shape index (κ3) is 5.12. The molecule has 0 unspecified atom stereocenters. The van der Waals surface area contributed by atoms with Gasteiger partial charge in [-0.3, -0.25) is 0 Å². The number of hydrogen-bond donors (Lipinski definition) is 0. The highest BCUT2D eigenvalue weighted by atomic mass is 16.5. The largest absolute Gasteiger partial charge is 0.453 e. The fourth-order valence-electron chi connectivity index (χ4n) is 10.5. The van der Waals surface area contributed by atoms with Crippen LogP contribution in [0.1, 0.15) is 25.0 Å². The van der Waals surface area contributed by atoms with Gasteiger partial charge in [-0.1, -0.05) is 153 Å². The highest BCUT2D eigenvalue weighted by molar-refractivity contribution is 6.26. The van der Waals surface area contributed by atoms with E-state index in [0.29, 0.717) is 0 Å². The van der Waals surface area contributed by atoms with Gasteiger partial charge in [0.05, 0.1) is 22.7 Å². The topological polar surface area (TPSA) is 15.7 Å². The molecule has 11 aromatic rings. The van der Waals surface area contributed by atoms with E-state index >= 15 is 0 Å². The maximum absolute atomic E-state index is 6.86. The van der Waals surface area contributed by atoms with Crippen molar-refractivity contribution in [3.63, 3.8) is 0 Å². The molecule has 0 atom stereocenters. The lowest BCUT2D eigenvalue weighted by atomic mass is 9.72. The van der Waals surface area contributed by atoms with Crippen LogP contribution >= 0.6 is 0 Å². The zero-order chi connectivity index (χ0) is 41.1. The molecule has 0 aromatic heterocycles. The van der Waals surface area contributed by atoms with E-state index in [1.165, 1.54) is 71.0 Å². The number of fused-ring (bicyclic) bond motifs is 12. The Morgan fingerprint density at radius 2 is 0.806 bits per heavy atom. The van der Waals surface area contributed by atoms with Gasteiger partial charge < -0.3 is 14.5 Å². The van der Waals surface area contributed by atoms with E-state index in [1.54, 1.807) is 0 Å². The van der Waals surface area contributed by atoms with Crippen molar-refractivity contribution >= 4 is 88.0 Å². The van der Waals surface area contributed by atoms with Crippen LogP contribution < -0.4 is 14.5 Å². The lowest BCUT2D eigenvalue weighted by Crippen LogP contribution is -2.30. The third-order valence-electron chi connectivity index (χ3n) is 13.5. The summed E-state index contributed by atoms with van der Waals surface area (Å²) in [7, 11) is 0. The van der Waals surface area contributed by atoms with Crippen molar-refractivity contribution in [2.75, 3.05) is 9.80 Å². The van der Waals surface area contributed by atoms with Crippen LogP contribution in [0.3, 0.4) is 0 Å². The van der Waals surface area contributed by atoms with Gasteiger partial charge in [0.15, 0.2) is 11.5 Å². The maximum atomic E-state index is 6.86. The normalized spacial score (nSPS) is 13.8. The van der Waals surface area contributed by atoms with E-state index in [9.17, 15) is 0 Å². The number of anilines is 6. The Balaban J connectivity index is 1.02. The second-order valence-corrected chi connectivity index (χ2v) is 17.4. The number of rotatable bonds is 3. The third-order valence-corrected chi connectivity index (χ3v) is 13.5. The molecule has 0 bridgehead atoms. The summed E-state index contributed by atoms with van der Waals surface area (Å²) in [6, 6.07) is 75.6. The van der Waals surface area contributed by atoms with Gasteiger partial charge >= 0.3 is 0 Å². The molecule has 3 nitrogen and oxygen atoms in total. The Morgan fingerprint density at radius 3 is 1.48 bits per heavy atom. The van der Waals surface area contributed by atoms with Crippen molar-refractivity contribution in [3.05, 3.63) is 217 Å². The molecule has 3 heteroatoms. The Labute approximate surface area is 360 Å². The minimum atomic E-state index is -0.225. The molecule has 13 rings (SSSR count). The van der Waals surface area contributed by atoms with E-state index in [0.717, 1.165) is 50.8 Å². The molecule has 2 aliphatic heterocycles. The first-order valence-corrected chi connectivity index (χ1v) is 21.5. The summed E-state index contributed by atoms with van der Waals surface area (Å²) in [4.78, 5) is 4.87. The first kappa shape index (κ1) is 34.9. The molecule has 0 amide bonds. The highest BCUT2D eigenvalue weighted by Gasteiger charge is 2.38. The molecule has 0 saturated carbocycles. The van der Waals surface area contributed by atoms with Crippen LogP contribution in [0.4, 0.5) is 34.1 Å². The van der Waals surface area contributed by atoms with Crippen LogP contribution in [0.2, 0.25) is 0 Å². The standard InChI is InChI=1S/C59H40N2O/c1-59(2)51-28-24-41(32-53(51)60(43-18-4-3-5-19-43)54-31-38-15-7-6-14-37(38)30-52(54)59)42-25-29-57-55(34-42)61(56-33-39-16-8-9-17-40(39)35-58(56)62-57)44-26-27-49-47-22-11-10-20-45(47)46-21-12-13-23-48(46)50(49)36-44/h3-36H,1-2H3. The molecule has 0 saturated heterocycles. The molecular weight excluding hydrogens is 753 g/mol. The van der Waals surface area contributed by atoms with Gasteiger partial charge in [0.25, 0.3) is 0 Å². The molecule has 292 valence electrons. The number of para-hydroxylation sites is 1. The first-order valence-electron chi connectivity index (χ1n) is 21.5. The summed E-state index contributed by atoms with van der Waals surface area (Å²) in [5.41, 5.74) is 11.3. The molecule has 2 heterocycles. The summed E-state index contributed by atoms with van der Waals surface area (Å²) in [6.07, 6.45) is 0. The van der Waals surface area contributed by atoms with Crippen LogP contribution in [0.15, 0.2) is 206 Å². The van der Waals surface area contributed by atoms with E-state index in [4.69, 9.17) is 4.74 Å². The van der Waals surface area contributed by atoms with E-state index < -0.39 is 0 Å². The minimum Gasteiger partial charge on any atom is -0.453 e. The highest BCUT2D eigenvalue weighted by Crippen LogP contribution is 2.56. The van der Waals surface area contributed by atoms with Gasteiger partial charge in [0, 0.05) is 16.8 Å². The predicted molar refractivity (Wildman–Crippen MR) is 261 cm³/mol. The molecule has 62 heavy (non-hydrogen) atoms. The fraction of sp³-hybridized carbons (Fsp3) is 0.0508. The summed E-state index contributed by atoms with van der Waals surface area (Å²) in [5.74, 6) is 1.67. The van der Waals surface area contributed by atoms with Crippen molar-refractivity contribution in [1.29, 1.82) is 0 Å². The predicted octanol–water partition coefficient (Wildman–Crippen LogP) is 16.8. The number of ether oxygens (including phenoxy) is 1. The number of hydrogen-bond acceptors (Lipinski definition) is 3. The van der Waals surface area contributed by atoms with Gasteiger partial charge in [-0.2, -0.15) is 0 Å². The molecule has 0 aliphatic carbocycles. The Kier molecular flexibility index (Phi) is 7.36. The van der Waals surface area contributed by atoms with Gasteiger partial charge in [0.1, 0.15) is 0 Å². The lowest BCUT2D eigenvalue weighted by molar-refractivity contribution is 0.478. The summed E-state index contributed by atoms with van der Waals surface area (Å²) >= 11 is 0. The van der Waals surface area contributed by atoms with Crippen molar-refractivity contribution in [2.24, 2.45) is 0 Å². The van der Waals surface area contributed by atoms with Crippen LogP contribution in [0.5, 0.6) is 11.5 Å². The van der Waals surface area contributed by atoms with Crippen molar-refractivity contribution < 1.29 is 4.74 Å². The lowest BCUT2D eigenvalue weighted by Gasteiger charge is -2.42. The zero-order valence-electron chi connectivity index (χ0n) is 34.4. The zero-order valence-corrected chi connectivity index (χ0v) is 34.4. The summed E-state index contributed by atoms with van der Waals surface area (Å²) < 4.78 is 6.86. The van der Waals surface area contributed by atoms with Gasteiger partial charge in [-0.25, -0.2) is 0 Å². The Morgan fingerprint density at radius 1 is 0.323 bits per heavy atom. The van der Waals surface area contributed by atoms with E-state index in [-0.39, 0.29) is 5.41 Å². The smallest absolute Gasteiger partial charge is 0.152 e. The Hall–Kier alpha value is -7.88.